The first-order valence-electron chi connectivity index (χ1n) is 22.7. The van der Waals surface area contributed by atoms with E-state index in [1.54, 1.807) is 0 Å². The van der Waals surface area contributed by atoms with Crippen molar-refractivity contribution in [2.24, 2.45) is 0 Å². The number of aliphatic hydroxyl groups is 1. The largest absolute Gasteiger partial charge is 0.457 e. The van der Waals surface area contributed by atoms with Gasteiger partial charge in [-0.15, -0.1) is 0 Å². The zero-order valence-electron chi connectivity index (χ0n) is 35.5. The number of carbonyl (C=O) groups excluding carboxylic acids is 1. The van der Waals surface area contributed by atoms with E-state index < -0.39 is 6.10 Å². The van der Waals surface area contributed by atoms with Gasteiger partial charge in [0.1, 0.15) is 6.10 Å². The molecule has 310 valence electrons. The van der Waals surface area contributed by atoms with Crippen LogP contribution in [0.4, 0.5) is 0 Å². The zero-order valence-corrected chi connectivity index (χ0v) is 35.5. The molecule has 4 nitrogen and oxygen atoms in total. The van der Waals surface area contributed by atoms with E-state index in [2.05, 4.69) is 98.9 Å². The Labute approximate surface area is 335 Å². The Balaban J connectivity index is 3.54. The summed E-state index contributed by atoms with van der Waals surface area (Å²) >= 11 is 0. The highest BCUT2D eigenvalue weighted by Gasteiger charge is 2.13. The standard InChI is InChI=1S/C50H86O4/c1-3-5-7-9-11-13-15-17-19-21-22-23-24-25-26-27-28-29-30-32-34-36-38-40-42-44-46-53-48-49(47-51)54-50(52)45-43-41-39-37-35-33-31-20-18-16-14-12-10-8-6-4-2/h5,7,11,13,17,19,22-23,25-26,28-29,32,34,49,51H,3-4,6,8-10,12,14-16,18,20-21,24,27,30-31,33,35-48H2,1-2H3/b7-5-,13-11-,19-17-,23-22-,26-25-,29-28-,34-32-. The van der Waals surface area contributed by atoms with Gasteiger partial charge in [0, 0.05) is 13.0 Å². The molecule has 4 heteroatoms. The molecule has 0 radical (unpaired) electrons. The van der Waals surface area contributed by atoms with Crippen LogP contribution in [-0.2, 0) is 14.3 Å². The van der Waals surface area contributed by atoms with Crippen molar-refractivity contribution in [3.05, 3.63) is 85.1 Å². The lowest BCUT2D eigenvalue weighted by atomic mass is 10.0. The van der Waals surface area contributed by atoms with Crippen LogP contribution >= 0.6 is 0 Å². The van der Waals surface area contributed by atoms with Crippen molar-refractivity contribution >= 4 is 5.97 Å². The van der Waals surface area contributed by atoms with E-state index in [9.17, 15) is 9.90 Å². The Kier molecular flexibility index (Phi) is 44.6. The molecule has 0 saturated carbocycles. The third kappa shape index (κ3) is 44.0. The molecule has 0 aromatic rings. The number of carbonyl (C=O) groups is 1. The van der Waals surface area contributed by atoms with Gasteiger partial charge in [0.15, 0.2) is 0 Å². The van der Waals surface area contributed by atoms with Crippen LogP contribution in [0.3, 0.4) is 0 Å². The highest BCUT2D eigenvalue weighted by Crippen LogP contribution is 2.14. The van der Waals surface area contributed by atoms with Crippen LogP contribution in [0.5, 0.6) is 0 Å². The summed E-state index contributed by atoms with van der Waals surface area (Å²) in [5.41, 5.74) is 0. The maximum atomic E-state index is 12.2. The fourth-order valence-electron chi connectivity index (χ4n) is 6.13. The van der Waals surface area contributed by atoms with E-state index in [-0.39, 0.29) is 19.2 Å². The fraction of sp³-hybridized carbons (Fsp3) is 0.700. The van der Waals surface area contributed by atoms with Gasteiger partial charge < -0.3 is 14.6 Å². The van der Waals surface area contributed by atoms with Crippen LogP contribution in [0.15, 0.2) is 85.1 Å². The average molecular weight is 751 g/mol. The molecule has 0 heterocycles. The monoisotopic (exact) mass is 751 g/mol. The smallest absolute Gasteiger partial charge is 0.306 e. The molecule has 0 rings (SSSR count). The first-order valence-corrected chi connectivity index (χ1v) is 22.7. The van der Waals surface area contributed by atoms with Gasteiger partial charge >= 0.3 is 5.97 Å². The molecule has 54 heavy (non-hydrogen) atoms. The molecule has 0 saturated heterocycles. The number of ether oxygens (including phenoxy) is 2. The number of aliphatic hydroxyl groups excluding tert-OH is 1. The maximum Gasteiger partial charge on any atom is 0.306 e. The van der Waals surface area contributed by atoms with E-state index in [0.717, 1.165) is 77.0 Å². The molecule has 1 unspecified atom stereocenters. The highest BCUT2D eigenvalue weighted by molar-refractivity contribution is 5.69. The number of esters is 1. The van der Waals surface area contributed by atoms with Gasteiger partial charge in [-0.1, -0.05) is 208 Å². The van der Waals surface area contributed by atoms with Crippen LogP contribution in [0.2, 0.25) is 0 Å². The summed E-state index contributed by atoms with van der Waals surface area (Å²) in [6.07, 6.45) is 65.1. The predicted octanol–water partition coefficient (Wildman–Crippen LogP) is 15.2. The SMILES string of the molecule is CC/C=C\C/C=C\C/C=C\C/C=C\C/C=C\C/C=C\C/C=C\CCCCCCOCC(CO)OC(=O)CCCCCCCCCCCCCCCCCC. The molecule has 0 spiro atoms. The van der Waals surface area contributed by atoms with Gasteiger partial charge in [-0.3, -0.25) is 4.79 Å². The van der Waals surface area contributed by atoms with Crippen LogP contribution < -0.4 is 0 Å². The van der Waals surface area contributed by atoms with E-state index in [1.165, 1.54) is 103 Å². The van der Waals surface area contributed by atoms with E-state index >= 15 is 0 Å². The summed E-state index contributed by atoms with van der Waals surface area (Å²) in [7, 11) is 0. The third-order valence-corrected chi connectivity index (χ3v) is 9.48. The Bertz CT molecular complexity index is 969. The summed E-state index contributed by atoms with van der Waals surface area (Å²) in [6.45, 7) is 5.18. The third-order valence-electron chi connectivity index (χ3n) is 9.48. The fourth-order valence-corrected chi connectivity index (χ4v) is 6.13. The topological polar surface area (TPSA) is 55.8 Å². The quantitative estimate of drug-likeness (QED) is 0.0384. The predicted molar refractivity (Wildman–Crippen MR) is 237 cm³/mol. The van der Waals surface area contributed by atoms with Gasteiger partial charge in [-0.05, 0) is 70.6 Å². The van der Waals surface area contributed by atoms with Crippen molar-refractivity contribution in [3.8, 4) is 0 Å². The molecule has 0 aromatic carbocycles. The lowest BCUT2D eigenvalue weighted by molar-refractivity contribution is -0.154. The molecule has 1 atom stereocenters. The number of allylic oxidation sites excluding steroid dienone is 14. The van der Waals surface area contributed by atoms with Gasteiger partial charge in [-0.25, -0.2) is 0 Å². The minimum atomic E-state index is -0.551. The van der Waals surface area contributed by atoms with Crippen molar-refractivity contribution in [2.75, 3.05) is 19.8 Å². The van der Waals surface area contributed by atoms with Crippen LogP contribution in [0, 0.1) is 0 Å². The molecule has 1 N–H and O–H groups in total. The van der Waals surface area contributed by atoms with Gasteiger partial charge in [-0.2, -0.15) is 0 Å². The van der Waals surface area contributed by atoms with E-state index in [0.29, 0.717) is 13.0 Å². The average Bonchev–Trinajstić information content (AvgIpc) is 3.18. The van der Waals surface area contributed by atoms with Crippen LogP contribution in [0.25, 0.3) is 0 Å². The van der Waals surface area contributed by atoms with Crippen molar-refractivity contribution in [1.29, 1.82) is 0 Å². The van der Waals surface area contributed by atoms with Crippen LogP contribution in [0.1, 0.15) is 200 Å². The second kappa shape index (κ2) is 46.7. The second-order valence-corrected chi connectivity index (χ2v) is 14.7. The van der Waals surface area contributed by atoms with Gasteiger partial charge in [0.25, 0.3) is 0 Å². The number of hydrogen-bond acceptors (Lipinski definition) is 4. The van der Waals surface area contributed by atoms with Crippen molar-refractivity contribution < 1.29 is 19.4 Å². The first kappa shape index (κ1) is 51.6. The molecule has 0 aliphatic heterocycles. The van der Waals surface area contributed by atoms with Gasteiger partial charge in [0.05, 0.1) is 13.2 Å². The van der Waals surface area contributed by atoms with Crippen molar-refractivity contribution in [1.82, 2.24) is 0 Å². The van der Waals surface area contributed by atoms with Crippen molar-refractivity contribution in [2.45, 2.75) is 206 Å². The Morgan fingerprint density at radius 3 is 1.26 bits per heavy atom. The molecule has 0 aliphatic carbocycles. The van der Waals surface area contributed by atoms with Gasteiger partial charge in [0.2, 0.25) is 0 Å². The van der Waals surface area contributed by atoms with Crippen molar-refractivity contribution in [3.63, 3.8) is 0 Å². The van der Waals surface area contributed by atoms with E-state index in [4.69, 9.17) is 9.47 Å². The lowest BCUT2D eigenvalue weighted by Crippen LogP contribution is -2.27. The normalized spacial score (nSPS) is 13.2. The molecular formula is C50H86O4. The maximum absolute atomic E-state index is 12.2. The summed E-state index contributed by atoms with van der Waals surface area (Å²) in [5.74, 6) is -0.211. The molecule has 0 fully saturated rings. The first-order chi connectivity index (χ1) is 26.7. The number of hydrogen-bond donors (Lipinski definition) is 1. The molecular weight excluding hydrogens is 665 g/mol. The Morgan fingerprint density at radius 1 is 0.463 bits per heavy atom. The molecule has 0 bridgehead atoms. The zero-order chi connectivity index (χ0) is 39.1. The second-order valence-electron chi connectivity index (χ2n) is 14.7. The summed E-state index contributed by atoms with van der Waals surface area (Å²) in [5, 5.41) is 9.61. The number of rotatable bonds is 41. The summed E-state index contributed by atoms with van der Waals surface area (Å²) < 4.78 is 11.2. The number of unbranched alkanes of at least 4 members (excludes halogenated alkanes) is 19. The molecule has 0 aliphatic rings. The summed E-state index contributed by atoms with van der Waals surface area (Å²) in [6, 6.07) is 0. The Morgan fingerprint density at radius 2 is 0.833 bits per heavy atom. The summed E-state index contributed by atoms with van der Waals surface area (Å²) in [4.78, 5) is 12.2. The lowest BCUT2D eigenvalue weighted by Gasteiger charge is -2.15. The highest BCUT2D eigenvalue weighted by atomic mass is 16.6. The van der Waals surface area contributed by atoms with E-state index in [1.807, 2.05) is 0 Å². The van der Waals surface area contributed by atoms with Crippen LogP contribution in [-0.4, -0.2) is 37.0 Å². The minimum Gasteiger partial charge on any atom is -0.457 e. The molecule has 0 amide bonds. The Hall–Kier alpha value is -2.43. The minimum absolute atomic E-state index is 0.185. The molecule has 0 aromatic heterocycles.